The van der Waals surface area contributed by atoms with Crippen molar-refractivity contribution in [2.45, 2.75) is 6.42 Å². The van der Waals surface area contributed by atoms with Crippen LogP contribution in [0.4, 0.5) is 5.69 Å². The summed E-state index contributed by atoms with van der Waals surface area (Å²) in [5.74, 6) is 0.248. The predicted molar refractivity (Wildman–Crippen MR) is 81.7 cm³/mol. The zero-order chi connectivity index (χ0) is 15.0. The number of hydrogen-bond donors (Lipinski definition) is 2. The third kappa shape index (κ3) is 2.77. The molecule has 1 amide bonds. The number of phenolic OH excluding ortho intramolecular Hbond substituents is 1. The van der Waals surface area contributed by atoms with E-state index in [1.165, 1.54) is 12.1 Å². The maximum atomic E-state index is 12.2. The lowest BCUT2D eigenvalue weighted by Crippen LogP contribution is -2.12. The molecule has 0 saturated heterocycles. The Labute approximate surface area is 131 Å². The predicted octanol–water partition coefficient (Wildman–Crippen LogP) is 3.89. The van der Waals surface area contributed by atoms with E-state index in [0.29, 0.717) is 17.2 Å². The number of rotatable bonds is 2. The van der Waals surface area contributed by atoms with E-state index in [1.54, 1.807) is 18.2 Å². The number of fused-ring (bicyclic) bond motifs is 1. The molecule has 2 N–H and O–H groups in total. The Morgan fingerprint density at radius 3 is 2.86 bits per heavy atom. The molecule has 0 saturated carbocycles. The van der Waals surface area contributed by atoms with Crippen LogP contribution in [0, 0.1) is 0 Å². The minimum absolute atomic E-state index is 0.0835. The number of phenols is 1. The molecule has 0 radical (unpaired) electrons. The Hall–Kier alpha value is -1.91. The van der Waals surface area contributed by atoms with Gasteiger partial charge in [0.15, 0.2) is 5.75 Å². The van der Waals surface area contributed by atoms with Crippen molar-refractivity contribution in [3.63, 3.8) is 0 Å². The Balaban J connectivity index is 1.87. The van der Waals surface area contributed by atoms with Crippen molar-refractivity contribution in [3.8, 4) is 11.5 Å². The highest BCUT2D eigenvalue weighted by molar-refractivity contribution is 6.36. The number of halogens is 2. The minimum Gasteiger partial charge on any atom is -0.504 e. The van der Waals surface area contributed by atoms with Gasteiger partial charge in [-0.25, -0.2) is 0 Å². The van der Waals surface area contributed by atoms with E-state index in [4.69, 9.17) is 27.9 Å². The highest BCUT2D eigenvalue weighted by atomic mass is 35.5. The van der Waals surface area contributed by atoms with E-state index in [1.807, 2.05) is 0 Å². The quantitative estimate of drug-likeness (QED) is 0.824. The first-order chi connectivity index (χ1) is 10.0. The van der Waals surface area contributed by atoms with E-state index >= 15 is 0 Å². The second kappa shape index (κ2) is 5.47. The standard InChI is InChI=1S/C15H11Cl2NO3/c16-10-6-11(17)14(19)12(7-10)18-15(20)9-1-2-13-8(5-9)3-4-21-13/h1-2,5-7,19H,3-4H2,(H,18,20). The van der Waals surface area contributed by atoms with Crippen LogP contribution in [-0.4, -0.2) is 17.6 Å². The summed E-state index contributed by atoms with van der Waals surface area (Å²) in [6, 6.07) is 8.06. The molecular formula is C15H11Cl2NO3. The van der Waals surface area contributed by atoms with Crippen LogP contribution in [0.25, 0.3) is 0 Å². The van der Waals surface area contributed by atoms with Crippen molar-refractivity contribution in [1.29, 1.82) is 0 Å². The number of amides is 1. The number of ether oxygens (including phenoxy) is 1. The van der Waals surface area contributed by atoms with Crippen LogP contribution in [-0.2, 0) is 6.42 Å². The Kier molecular flexibility index (Phi) is 3.66. The number of aromatic hydroxyl groups is 1. The summed E-state index contributed by atoms with van der Waals surface area (Å²) in [7, 11) is 0. The van der Waals surface area contributed by atoms with Gasteiger partial charge in [0.05, 0.1) is 17.3 Å². The van der Waals surface area contributed by atoms with Gasteiger partial charge in [-0.1, -0.05) is 23.2 Å². The Morgan fingerprint density at radius 1 is 1.24 bits per heavy atom. The van der Waals surface area contributed by atoms with Gasteiger partial charge in [0.25, 0.3) is 5.91 Å². The van der Waals surface area contributed by atoms with Gasteiger partial charge in [0.2, 0.25) is 0 Å². The van der Waals surface area contributed by atoms with Gasteiger partial charge >= 0.3 is 0 Å². The Bertz CT molecular complexity index is 731. The maximum Gasteiger partial charge on any atom is 0.255 e. The largest absolute Gasteiger partial charge is 0.504 e. The van der Waals surface area contributed by atoms with Gasteiger partial charge in [-0.05, 0) is 35.9 Å². The fourth-order valence-electron chi connectivity index (χ4n) is 2.18. The molecule has 1 aliphatic rings. The molecule has 0 fully saturated rings. The number of nitrogens with one attached hydrogen (secondary N) is 1. The van der Waals surface area contributed by atoms with Gasteiger partial charge in [0.1, 0.15) is 5.75 Å². The first-order valence-electron chi connectivity index (χ1n) is 6.29. The van der Waals surface area contributed by atoms with E-state index in [2.05, 4.69) is 5.32 Å². The number of hydrogen-bond acceptors (Lipinski definition) is 3. The van der Waals surface area contributed by atoms with Crippen molar-refractivity contribution in [2.75, 3.05) is 11.9 Å². The van der Waals surface area contributed by atoms with Crippen molar-refractivity contribution >= 4 is 34.8 Å². The zero-order valence-electron chi connectivity index (χ0n) is 10.8. The van der Waals surface area contributed by atoms with Crippen LogP contribution >= 0.6 is 23.2 Å². The monoisotopic (exact) mass is 323 g/mol. The van der Waals surface area contributed by atoms with Crippen LogP contribution in [0.3, 0.4) is 0 Å². The molecule has 0 bridgehead atoms. The van der Waals surface area contributed by atoms with E-state index in [-0.39, 0.29) is 22.4 Å². The molecule has 4 nitrogen and oxygen atoms in total. The average Bonchev–Trinajstić information content (AvgIpc) is 2.91. The summed E-state index contributed by atoms with van der Waals surface area (Å²) in [6.45, 7) is 0.630. The second-order valence-electron chi connectivity index (χ2n) is 4.66. The number of benzene rings is 2. The van der Waals surface area contributed by atoms with Crippen molar-refractivity contribution in [2.24, 2.45) is 0 Å². The van der Waals surface area contributed by atoms with E-state index in [9.17, 15) is 9.90 Å². The van der Waals surface area contributed by atoms with Crippen molar-refractivity contribution < 1.29 is 14.6 Å². The Morgan fingerprint density at radius 2 is 2.05 bits per heavy atom. The molecule has 1 heterocycles. The van der Waals surface area contributed by atoms with Gasteiger partial charge in [-0.3, -0.25) is 4.79 Å². The van der Waals surface area contributed by atoms with Crippen molar-refractivity contribution in [3.05, 3.63) is 51.5 Å². The van der Waals surface area contributed by atoms with E-state index in [0.717, 1.165) is 17.7 Å². The molecule has 1 aliphatic heterocycles. The second-order valence-corrected chi connectivity index (χ2v) is 5.50. The van der Waals surface area contributed by atoms with Crippen LogP contribution in [0.15, 0.2) is 30.3 Å². The highest BCUT2D eigenvalue weighted by Crippen LogP contribution is 2.35. The zero-order valence-corrected chi connectivity index (χ0v) is 12.3. The van der Waals surface area contributed by atoms with E-state index < -0.39 is 0 Å². The van der Waals surface area contributed by atoms with Gasteiger partial charge in [0, 0.05) is 17.0 Å². The molecule has 0 aliphatic carbocycles. The van der Waals surface area contributed by atoms with Gasteiger partial charge < -0.3 is 15.2 Å². The summed E-state index contributed by atoms with van der Waals surface area (Å²) in [4.78, 5) is 12.2. The lowest BCUT2D eigenvalue weighted by molar-refractivity contribution is 0.102. The summed E-state index contributed by atoms with van der Waals surface area (Å²) < 4.78 is 5.40. The van der Waals surface area contributed by atoms with Gasteiger partial charge in [-0.15, -0.1) is 0 Å². The fourth-order valence-corrected chi connectivity index (χ4v) is 2.68. The molecule has 108 valence electrons. The summed E-state index contributed by atoms with van der Waals surface area (Å²) in [5.41, 5.74) is 1.65. The topological polar surface area (TPSA) is 58.6 Å². The fraction of sp³-hybridized carbons (Fsp3) is 0.133. The summed E-state index contributed by atoms with van der Waals surface area (Å²) in [6.07, 6.45) is 0.782. The minimum atomic E-state index is -0.349. The van der Waals surface area contributed by atoms with Crippen molar-refractivity contribution in [1.82, 2.24) is 0 Å². The van der Waals surface area contributed by atoms with Crippen LogP contribution in [0.1, 0.15) is 15.9 Å². The molecule has 3 rings (SSSR count). The molecular weight excluding hydrogens is 313 g/mol. The molecule has 0 aromatic heterocycles. The lowest BCUT2D eigenvalue weighted by Gasteiger charge is -2.10. The van der Waals surface area contributed by atoms with Gasteiger partial charge in [-0.2, -0.15) is 0 Å². The first kappa shape index (κ1) is 14.0. The first-order valence-corrected chi connectivity index (χ1v) is 7.05. The smallest absolute Gasteiger partial charge is 0.255 e. The molecule has 0 atom stereocenters. The summed E-state index contributed by atoms with van der Waals surface area (Å²) >= 11 is 11.7. The molecule has 6 heteroatoms. The molecule has 21 heavy (non-hydrogen) atoms. The number of carbonyl (C=O) groups excluding carboxylic acids is 1. The SMILES string of the molecule is O=C(Nc1cc(Cl)cc(Cl)c1O)c1ccc2c(c1)CCO2. The highest BCUT2D eigenvalue weighted by Gasteiger charge is 2.16. The maximum absolute atomic E-state index is 12.2. The lowest BCUT2D eigenvalue weighted by atomic mass is 10.1. The summed E-state index contributed by atoms with van der Waals surface area (Å²) in [5, 5.41) is 12.9. The number of carbonyl (C=O) groups is 1. The van der Waals surface area contributed by atoms with Crippen LogP contribution in [0.5, 0.6) is 11.5 Å². The number of anilines is 1. The normalized spacial score (nSPS) is 12.7. The molecule has 0 unspecified atom stereocenters. The van der Waals surface area contributed by atoms with Crippen LogP contribution in [0.2, 0.25) is 10.0 Å². The molecule has 2 aromatic carbocycles. The third-order valence-corrected chi connectivity index (χ3v) is 3.73. The third-order valence-electron chi connectivity index (χ3n) is 3.23. The van der Waals surface area contributed by atoms with Crippen LogP contribution < -0.4 is 10.1 Å². The molecule has 2 aromatic rings. The average molecular weight is 324 g/mol. The molecule has 0 spiro atoms.